The maximum Gasteiger partial charge on any atom is 0.322 e. The molecule has 36 heavy (non-hydrogen) atoms. The van der Waals surface area contributed by atoms with E-state index < -0.39 is 10.0 Å². The van der Waals surface area contributed by atoms with Crippen LogP contribution in [0.1, 0.15) is 47.9 Å². The van der Waals surface area contributed by atoms with Crippen LogP contribution < -0.4 is 15.4 Å². The second-order valence-corrected chi connectivity index (χ2v) is 11.3. The van der Waals surface area contributed by atoms with Crippen LogP contribution >= 0.6 is 0 Å². The zero-order chi connectivity index (χ0) is 25.5. The third kappa shape index (κ3) is 4.25. The van der Waals surface area contributed by atoms with Crippen molar-refractivity contribution in [3.05, 3.63) is 82.9 Å². The van der Waals surface area contributed by atoms with Crippen LogP contribution in [-0.2, 0) is 22.0 Å². The van der Waals surface area contributed by atoms with Crippen LogP contribution in [0.25, 0.3) is 11.1 Å². The van der Waals surface area contributed by atoms with Gasteiger partial charge in [-0.1, -0.05) is 43.2 Å². The van der Waals surface area contributed by atoms with E-state index in [2.05, 4.69) is 17.5 Å². The number of primary sulfonamides is 1. The molecule has 0 unspecified atom stereocenters. The van der Waals surface area contributed by atoms with Crippen molar-refractivity contribution in [1.82, 2.24) is 5.32 Å². The summed E-state index contributed by atoms with van der Waals surface area (Å²) in [6.07, 6.45) is 4.31. The van der Waals surface area contributed by atoms with Gasteiger partial charge in [0.05, 0.1) is 16.5 Å². The molecule has 2 amide bonds. The van der Waals surface area contributed by atoms with Gasteiger partial charge in [0.2, 0.25) is 10.0 Å². The van der Waals surface area contributed by atoms with Gasteiger partial charge in [0.25, 0.3) is 0 Å². The number of amides is 2. The SMILES string of the molecule is Cc1cccc(C#N)c1-c1ccc2c(c1)C1(CCCC1)CN2C(=O)NCc1ccc(S(N)(=O)=O)cc1. The van der Waals surface area contributed by atoms with Gasteiger partial charge in [-0.3, -0.25) is 4.90 Å². The number of hydrogen-bond acceptors (Lipinski definition) is 4. The van der Waals surface area contributed by atoms with E-state index in [0.29, 0.717) is 12.1 Å². The van der Waals surface area contributed by atoms with Crippen molar-refractivity contribution >= 4 is 21.7 Å². The quantitative estimate of drug-likeness (QED) is 0.539. The van der Waals surface area contributed by atoms with Crippen molar-refractivity contribution in [2.45, 2.75) is 49.5 Å². The first-order valence-electron chi connectivity index (χ1n) is 12.0. The van der Waals surface area contributed by atoms with Crippen LogP contribution in [-0.4, -0.2) is 21.0 Å². The molecule has 1 aliphatic heterocycles. The predicted molar refractivity (Wildman–Crippen MR) is 139 cm³/mol. The standard InChI is InChI=1S/C28H28N4O3S/c1-19-5-4-6-22(16-29)26(19)21-9-12-25-24(15-21)28(13-2-3-14-28)18-32(25)27(33)31-17-20-7-10-23(11-8-20)36(30,34)35/h4-12,15H,2-3,13-14,17-18H2,1H3,(H,31,33)(H2,30,34,35). The Morgan fingerprint density at radius 2 is 1.83 bits per heavy atom. The highest BCUT2D eigenvalue weighted by atomic mass is 32.2. The van der Waals surface area contributed by atoms with Gasteiger partial charge >= 0.3 is 6.03 Å². The molecule has 1 aliphatic carbocycles. The second kappa shape index (κ2) is 9.08. The number of benzene rings is 3. The largest absolute Gasteiger partial charge is 0.334 e. The summed E-state index contributed by atoms with van der Waals surface area (Å²) in [7, 11) is -3.75. The van der Waals surface area contributed by atoms with Gasteiger partial charge < -0.3 is 5.32 Å². The number of nitrogens with one attached hydrogen (secondary N) is 1. The Labute approximate surface area is 211 Å². The summed E-state index contributed by atoms with van der Waals surface area (Å²) in [5.74, 6) is 0. The molecule has 3 aromatic carbocycles. The Balaban J connectivity index is 1.43. The average molecular weight is 501 g/mol. The Bertz CT molecular complexity index is 1480. The molecule has 0 bridgehead atoms. The molecule has 0 atom stereocenters. The number of nitriles is 1. The number of nitrogens with two attached hydrogens (primary N) is 1. The molecule has 3 N–H and O–H groups in total. The van der Waals surface area contributed by atoms with Gasteiger partial charge in [0.15, 0.2) is 0 Å². The number of rotatable bonds is 4. The van der Waals surface area contributed by atoms with E-state index >= 15 is 0 Å². The molecule has 0 aromatic heterocycles. The molecule has 1 heterocycles. The lowest BCUT2D eigenvalue weighted by atomic mass is 9.79. The third-order valence-corrected chi connectivity index (χ3v) is 8.43. The molecular formula is C28H28N4O3S. The number of carbonyl (C=O) groups is 1. The van der Waals surface area contributed by atoms with E-state index in [1.165, 1.54) is 17.7 Å². The van der Waals surface area contributed by atoms with E-state index in [0.717, 1.165) is 53.6 Å². The third-order valence-electron chi connectivity index (χ3n) is 7.50. The Kier molecular flexibility index (Phi) is 6.07. The molecule has 0 saturated heterocycles. The van der Waals surface area contributed by atoms with Gasteiger partial charge in [-0.15, -0.1) is 0 Å². The molecule has 1 spiro atoms. The summed E-state index contributed by atoms with van der Waals surface area (Å²) in [4.78, 5) is 15.2. The van der Waals surface area contributed by atoms with Crippen LogP contribution in [0.15, 0.2) is 65.6 Å². The van der Waals surface area contributed by atoms with Crippen molar-refractivity contribution in [1.29, 1.82) is 5.26 Å². The molecule has 5 rings (SSSR count). The van der Waals surface area contributed by atoms with Crippen LogP contribution in [0.3, 0.4) is 0 Å². The summed E-state index contributed by atoms with van der Waals surface area (Å²) in [6, 6.07) is 20.3. The van der Waals surface area contributed by atoms with Crippen LogP contribution in [0.2, 0.25) is 0 Å². The Morgan fingerprint density at radius 1 is 1.11 bits per heavy atom. The van der Waals surface area contributed by atoms with Gasteiger partial charge in [0.1, 0.15) is 0 Å². The lowest BCUT2D eigenvalue weighted by Gasteiger charge is -2.25. The van der Waals surface area contributed by atoms with Crippen molar-refractivity contribution in [2.24, 2.45) is 5.14 Å². The van der Waals surface area contributed by atoms with Crippen molar-refractivity contribution in [3.63, 3.8) is 0 Å². The van der Waals surface area contributed by atoms with Gasteiger partial charge in [-0.05, 0) is 72.4 Å². The van der Waals surface area contributed by atoms with Crippen LogP contribution in [0.4, 0.5) is 10.5 Å². The number of urea groups is 1. The monoisotopic (exact) mass is 500 g/mol. The average Bonchev–Trinajstić information content (AvgIpc) is 3.47. The molecule has 1 fully saturated rings. The van der Waals surface area contributed by atoms with E-state index in [-0.39, 0.29) is 22.9 Å². The molecule has 7 nitrogen and oxygen atoms in total. The zero-order valence-electron chi connectivity index (χ0n) is 20.1. The first-order valence-corrected chi connectivity index (χ1v) is 13.6. The summed E-state index contributed by atoms with van der Waals surface area (Å²) in [6.45, 7) is 2.92. The molecule has 2 aliphatic rings. The molecule has 0 radical (unpaired) electrons. The Hall–Kier alpha value is -3.67. The fraction of sp³-hybridized carbons (Fsp3) is 0.286. The van der Waals surface area contributed by atoms with E-state index in [1.807, 2.05) is 42.2 Å². The number of hydrogen-bond donors (Lipinski definition) is 2. The highest BCUT2D eigenvalue weighted by Gasteiger charge is 2.46. The van der Waals surface area contributed by atoms with Crippen LogP contribution in [0, 0.1) is 18.3 Å². The zero-order valence-corrected chi connectivity index (χ0v) is 20.9. The number of carbonyl (C=O) groups excluding carboxylic acids is 1. The lowest BCUT2D eigenvalue weighted by molar-refractivity contribution is 0.245. The van der Waals surface area contributed by atoms with Crippen molar-refractivity contribution < 1.29 is 13.2 Å². The first kappa shape index (κ1) is 24.0. The normalized spacial score (nSPS) is 16.1. The maximum atomic E-state index is 13.3. The minimum atomic E-state index is -3.75. The summed E-state index contributed by atoms with van der Waals surface area (Å²) >= 11 is 0. The highest BCUT2D eigenvalue weighted by Crippen LogP contribution is 2.51. The molecule has 3 aromatic rings. The van der Waals surface area contributed by atoms with Crippen molar-refractivity contribution in [3.8, 4) is 17.2 Å². The Morgan fingerprint density at radius 3 is 2.50 bits per heavy atom. The van der Waals surface area contributed by atoms with E-state index in [9.17, 15) is 18.5 Å². The summed E-state index contributed by atoms with van der Waals surface area (Å²) in [5, 5.41) is 17.8. The minimum absolute atomic E-state index is 0.0400. The molecule has 184 valence electrons. The lowest BCUT2D eigenvalue weighted by Crippen LogP contribution is -2.41. The fourth-order valence-electron chi connectivity index (χ4n) is 5.70. The topological polar surface area (TPSA) is 116 Å². The highest BCUT2D eigenvalue weighted by molar-refractivity contribution is 7.89. The fourth-order valence-corrected chi connectivity index (χ4v) is 6.21. The second-order valence-electron chi connectivity index (χ2n) is 9.76. The van der Waals surface area contributed by atoms with E-state index in [1.54, 1.807) is 12.1 Å². The minimum Gasteiger partial charge on any atom is -0.334 e. The van der Waals surface area contributed by atoms with Crippen molar-refractivity contribution in [2.75, 3.05) is 11.4 Å². The van der Waals surface area contributed by atoms with Gasteiger partial charge in [-0.25, -0.2) is 18.4 Å². The predicted octanol–water partition coefficient (Wildman–Crippen LogP) is 4.72. The number of nitrogens with zero attached hydrogens (tertiary/aromatic N) is 2. The van der Waals surface area contributed by atoms with E-state index in [4.69, 9.17) is 5.14 Å². The summed E-state index contributed by atoms with van der Waals surface area (Å²) in [5.41, 5.74) is 6.45. The smallest absolute Gasteiger partial charge is 0.322 e. The number of fused-ring (bicyclic) bond motifs is 2. The molecular weight excluding hydrogens is 472 g/mol. The molecule has 8 heteroatoms. The van der Waals surface area contributed by atoms with Crippen LogP contribution in [0.5, 0.6) is 0 Å². The number of aryl methyl sites for hydroxylation is 1. The first-order chi connectivity index (χ1) is 17.2. The molecule has 1 saturated carbocycles. The number of anilines is 1. The maximum absolute atomic E-state index is 13.3. The summed E-state index contributed by atoms with van der Waals surface area (Å²) < 4.78 is 23.0. The van der Waals surface area contributed by atoms with Gasteiger partial charge in [-0.2, -0.15) is 5.26 Å². The van der Waals surface area contributed by atoms with Gasteiger partial charge in [0, 0.05) is 29.8 Å². The number of sulfonamides is 1.